The number of carbonyl (C=O) groups excluding carboxylic acids is 1. The van der Waals surface area contributed by atoms with E-state index in [1.165, 1.54) is 0 Å². The first kappa shape index (κ1) is 10.6. The monoisotopic (exact) mass is 211 g/mol. The third-order valence-electron chi connectivity index (χ3n) is 2.61. The van der Waals surface area contributed by atoms with Crippen molar-refractivity contribution < 1.29 is 4.79 Å². The Balaban J connectivity index is 2.50. The van der Waals surface area contributed by atoms with E-state index in [4.69, 9.17) is 0 Å². The van der Waals surface area contributed by atoms with Crippen LogP contribution in [0.1, 0.15) is 27.2 Å². The fourth-order valence-corrected chi connectivity index (χ4v) is 1.77. The second-order valence-electron chi connectivity index (χ2n) is 3.78. The van der Waals surface area contributed by atoms with Crippen LogP contribution >= 0.6 is 0 Å². The van der Waals surface area contributed by atoms with Crippen molar-refractivity contribution in [1.29, 1.82) is 0 Å². The van der Waals surface area contributed by atoms with Gasteiger partial charge in [0.05, 0.1) is 0 Å². The Bertz CT molecular complexity index is 497. The van der Waals surface area contributed by atoms with E-state index < -0.39 is 0 Å². The van der Waals surface area contributed by atoms with Crippen molar-refractivity contribution in [3.8, 4) is 0 Å². The number of ketones is 1. The first-order chi connectivity index (χ1) is 7.70. The summed E-state index contributed by atoms with van der Waals surface area (Å²) in [6.45, 7) is 3.80. The maximum absolute atomic E-state index is 12.2. The zero-order chi connectivity index (χ0) is 11.5. The Labute approximate surface area is 95.0 Å². The Hall–Kier alpha value is -1.96. The Kier molecular flexibility index (Phi) is 2.82. The van der Waals surface area contributed by atoms with Crippen molar-refractivity contribution in [1.82, 2.24) is 4.98 Å². The predicted molar refractivity (Wildman–Crippen MR) is 63.6 cm³/mol. The van der Waals surface area contributed by atoms with Gasteiger partial charge in [-0.3, -0.25) is 9.78 Å². The highest BCUT2D eigenvalue weighted by Gasteiger charge is 2.14. The summed E-state index contributed by atoms with van der Waals surface area (Å²) in [5, 5.41) is 0. The molecule has 1 heterocycles. The molecule has 0 N–H and O–H groups in total. The van der Waals surface area contributed by atoms with Crippen LogP contribution in [0.4, 0.5) is 0 Å². The van der Waals surface area contributed by atoms with Crippen LogP contribution < -0.4 is 0 Å². The number of hydrogen-bond acceptors (Lipinski definition) is 2. The van der Waals surface area contributed by atoms with Gasteiger partial charge in [-0.15, -0.1) is 0 Å². The Morgan fingerprint density at radius 3 is 2.38 bits per heavy atom. The smallest absolute Gasteiger partial charge is 0.195 e. The van der Waals surface area contributed by atoms with Gasteiger partial charge in [0.1, 0.15) is 0 Å². The van der Waals surface area contributed by atoms with Gasteiger partial charge in [-0.1, -0.05) is 30.3 Å². The average molecular weight is 211 g/mol. The van der Waals surface area contributed by atoms with Gasteiger partial charge in [0, 0.05) is 23.0 Å². The fraction of sp³-hybridized carbons (Fsp3) is 0.143. The van der Waals surface area contributed by atoms with Crippen LogP contribution in [0.15, 0.2) is 42.6 Å². The van der Waals surface area contributed by atoms with Crippen LogP contribution in [-0.4, -0.2) is 10.8 Å². The predicted octanol–water partition coefficient (Wildman–Crippen LogP) is 2.93. The second kappa shape index (κ2) is 4.27. The standard InChI is InChI=1S/C14H13NO/c1-10-8-9-15-11(2)13(10)14(16)12-6-4-3-5-7-12/h3-9H,1-2H3. The molecule has 0 atom stereocenters. The second-order valence-corrected chi connectivity index (χ2v) is 3.78. The normalized spacial score (nSPS) is 10.1. The quantitative estimate of drug-likeness (QED) is 0.715. The summed E-state index contributed by atoms with van der Waals surface area (Å²) in [7, 11) is 0. The summed E-state index contributed by atoms with van der Waals surface area (Å²) >= 11 is 0. The zero-order valence-electron chi connectivity index (χ0n) is 9.40. The van der Waals surface area contributed by atoms with Gasteiger partial charge in [-0.05, 0) is 25.5 Å². The number of aromatic nitrogens is 1. The fourth-order valence-electron chi connectivity index (χ4n) is 1.77. The van der Waals surface area contributed by atoms with E-state index in [2.05, 4.69) is 4.98 Å². The van der Waals surface area contributed by atoms with Crippen molar-refractivity contribution in [3.63, 3.8) is 0 Å². The van der Waals surface area contributed by atoms with Crippen LogP contribution in [0, 0.1) is 13.8 Å². The number of benzene rings is 1. The van der Waals surface area contributed by atoms with Crippen molar-refractivity contribution in [2.45, 2.75) is 13.8 Å². The molecule has 2 heteroatoms. The highest BCUT2D eigenvalue weighted by atomic mass is 16.1. The van der Waals surface area contributed by atoms with Gasteiger partial charge >= 0.3 is 0 Å². The third-order valence-corrected chi connectivity index (χ3v) is 2.61. The number of aryl methyl sites for hydroxylation is 2. The van der Waals surface area contributed by atoms with E-state index in [-0.39, 0.29) is 5.78 Å². The molecule has 1 aromatic heterocycles. The molecule has 0 saturated heterocycles. The molecule has 80 valence electrons. The van der Waals surface area contributed by atoms with Crippen LogP contribution in [-0.2, 0) is 0 Å². The van der Waals surface area contributed by atoms with Crippen LogP contribution in [0.25, 0.3) is 0 Å². The molecule has 0 aliphatic rings. The molecular weight excluding hydrogens is 198 g/mol. The molecule has 0 unspecified atom stereocenters. The summed E-state index contributed by atoms with van der Waals surface area (Å²) in [6.07, 6.45) is 1.73. The number of carbonyl (C=O) groups is 1. The van der Waals surface area contributed by atoms with Crippen LogP contribution in [0.5, 0.6) is 0 Å². The molecule has 0 spiro atoms. The summed E-state index contributed by atoms with van der Waals surface area (Å²) in [4.78, 5) is 16.4. The van der Waals surface area contributed by atoms with E-state index in [9.17, 15) is 4.79 Å². The summed E-state index contributed by atoms with van der Waals surface area (Å²) in [5.74, 6) is 0.0451. The average Bonchev–Trinajstić information content (AvgIpc) is 2.30. The number of hydrogen-bond donors (Lipinski definition) is 0. The largest absolute Gasteiger partial charge is 0.289 e. The van der Waals surface area contributed by atoms with E-state index in [0.717, 1.165) is 11.3 Å². The molecule has 2 rings (SSSR count). The molecule has 0 saturated carbocycles. The number of nitrogens with zero attached hydrogens (tertiary/aromatic N) is 1. The maximum Gasteiger partial charge on any atom is 0.195 e. The molecule has 1 aromatic carbocycles. The van der Waals surface area contributed by atoms with E-state index in [0.29, 0.717) is 11.1 Å². The summed E-state index contributed by atoms with van der Waals surface area (Å²) in [6, 6.07) is 11.2. The molecule has 0 aliphatic carbocycles. The lowest BCUT2D eigenvalue weighted by Crippen LogP contribution is -2.07. The Morgan fingerprint density at radius 2 is 1.75 bits per heavy atom. The molecular formula is C14H13NO. The minimum Gasteiger partial charge on any atom is -0.289 e. The Morgan fingerprint density at radius 1 is 1.06 bits per heavy atom. The lowest BCUT2D eigenvalue weighted by molar-refractivity contribution is 0.103. The summed E-state index contributed by atoms with van der Waals surface area (Å²) in [5.41, 5.74) is 3.19. The number of rotatable bonds is 2. The molecule has 0 fully saturated rings. The third kappa shape index (κ3) is 1.87. The highest BCUT2D eigenvalue weighted by Crippen LogP contribution is 2.16. The first-order valence-corrected chi connectivity index (χ1v) is 5.22. The summed E-state index contributed by atoms with van der Waals surface area (Å²) < 4.78 is 0. The molecule has 0 bridgehead atoms. The SMILES string of the molecule is Cc1ccnc(C)c1C(=O)c1ccccc1. The lowest BCUT2D eigenvalue weighted by Gasteiger charge is -2.07. The van der Waals surface area contributed by atoms with Gasteiger partial charge in [0.25, 0.3) is 0 Å². The highest BCUT2D eigenvalue weighted by molar-refractivity contribution is 6.10. The van der Waals surface area contributed by atoms with Gasteiger partial charge in [0.15, 0.2) is 5.78 Å². The minimum absolute atomic E-state index is 0.0451. The van der Waals surface area contributed by atoms with Gasteiger partial charge in [-0.25, -0.2) is 0 Å². The lowest BCUT2D eigenvalue weighted by atomic mass is 9.98. The van der Waals surface area contributed by atoms with E-state index in [1.807, 2.05) is 50.2 Å². The zero-order valence-corrected chi connectivity index (χ0v) is 9.40. The maximum atomic E-state index is 12.2. The van der Waals surface area contributed by atoms with Crippen molar-refractivity contribution in [3.05, 3.63) is 65.0 Å². The van der Waals surface area contributed by atoms with Gasteiger partial charge < -0.3 is 0 Å². The van der Waals surface area contributed by atoms with E-state index in [1.54, 1.807) is 6.20 Å². The first-order valence-electron chi connectivity index (χ1n) is 5.22. The van der Waals surface area contributed by atoms with Crippen LogP contribution in [0.2, 0.25) is 0 Å². The van der Waals surface area contributed by atoms with Crippen LogP contribution in [0.3, 0.4) is 0 Å². The van der Waals surface area contributed by atoms with Crippen molar-refractivity contribution >= 4 is 5.78 Å². The molecule has 2 nitrogen and oxygen atoms in total. The molecule has 16 heavy (non-hydrogen) atoms. The molecule has 2 aromatic rings. The number of pyridine rings is 1. The minimum atomic E-state index is 0.0451. The molecule has 0 radical (unpaired) electrons. The molecule has 0 aliphatic heterocycles. The topological polar surface area (TPSA) is 30.0 Å². The molecule has 0 amide bonds. The van der Waals surface area contributed by atoms with Crippen molar-refractivity contribution in [2.24, 2.45) is 0 Å². The van der Waals surface area contributed by atoms with Crippen molar-refractivity contribution in [2.75, 3.05) is 0 Å². The van der Waals surface area contributed by atoms with E-state index >= 15 is 0 Å². The van der Waals surface area contributed by atoms with Gasteiger partial charge in [-0.2, -0.15) is 0 Å². The van der Waals surface area contributed by atoms with Gasteiger partial charge in [0.2, 0.25) is 0 Å².